The van der Waals surface area contributed by atoms with Crippen LogP contribution in [0.25, 0.3) is 0 Å². The zero-order valence-corrected chi connectivity index (χ0v) is 12.1. The zero-order chi connectivity index (χ0) is 15.2. The summed E-state index contributed by atoms with van der Waals surface area (Å²) in [7, 11) is 0. The van der Waals surface area contributed by atoms with Gasteiger partial charge in [0, 0.05) is 17.7 Å². The Morgan fingerprint density at radius 3 is 2.33 bits per heavy atom. The molecule has 0 spiro atoms. The van der Waals surface area contributed by atoms with Gasteiger partial charge in [0.2, 0.25) is 0 Å². The minimum Gasteiger partial charge on any atom is -0.427 e. The third-order valence-electron chi connectivity index (χ3n) is 3.03. The molecule has 2 aromatic carbocycles. The fourth-order valence-electron chi connectivity index (χ4n) is 1.79. The van der Waals surface area contributed by atoms with Crippen LogP contribution in [0.4, 0.5) is 5.69 Å². The van der Waals surface area contributed by atoms with Crippen LogP contribution in [0.15, 0.2) is 48.5 Å². The van der Waals surface area contributed by atoms with Crippen LogP contribution >= 0.6 is 0 Å². The zero-order valence-electron chi connectivity index (χ0n) is 12.1. The lowest BCUT2D eigenvalue weighted by atomic mass is 10.1. The summed E-state index contributed by atoms with van der Waals surface area (Å²) in [6, 6.07) is 14.1. The van der Waals surface area contributed by atoms with Crippen molar-refractivity contribution in [2.24, 2.45) is 0 Å². The van der Waals surface area contributed by atoms with Crippen molar-refractivity contribution in [2.45, 2.75) is 20.3 Å². The summed E-state index contributed by atoms with van der Waals surface area (Å²) in [6.45, 7) is 3.66. The lowest BCUT2D eigenvalue weighted by molar-refractivity contribution is -0.134. The van der Waals surface area contributed by atoms with Crippen molar-refractivity contribution in [3.63, 3.8) is 0 Å². The Hall–Kier alpha value is -2.62. The van der Waals surface area contributed by atoms with Crippen LogP contribution in [-0.2, 0) is 4.79 Å². The molecule has 0 aromatic heterocycles. The number of ether oxygens (including phenoxy) is 1. The molecule has 4 heteroatoms. The number of benzene rings is 2. The number of esters is 1. The maximum atomic E-state index is 12.1. The molecule has 1 amide bonds. The van der Waals surface area contributed by atoms with Crippen LogP contribution in [0.1, 0.15) is 29.3 Å². The summed E-state index contributed by atoms with van der Waals surface area (Å²) in [4.78, 5) is 23.3. The quantitative estimate of drug-likeness (QED) is 0.689. The Bertz CT molecular complexity index is 647. The number of anilines is 1. The second-order valence-electron chi connectivity index (χ2n) is 4.62. The molecule has 0 aliphatic heterocycles. The fourth-order valence-corrected chi connectivity index (χ4v) is 1.79. The van der Waals surface area contributed by atoms with E-state index in [2.05, 4.69) is 5.32 Å². The van der Waals surface area contributed by atoms with E-state index in [4.69, 9.17) is 4.74 Å². The highest BCUT2D eigenvalue weighted by Gasteiger charge is 2.08. The first-order valence-electron chi connectivity index (χ1n) is 6.78. The van der Waals surface area contributed by atoms with Gasteiger partial charge in [-0.1, -0.05) is 25.1 Å². The molecule has 2 rings (SSSR count). The van der Waals surface area contributed by atoms with E-state index in [1.165, 1.54) is 0 Å². The van der Waals surface area contributed by atoms with Gasteiger partial charge in [0.25, 0.3) is 5.91 Å². The number of para-hydroxylation sites is 1. The predicted octanol–water partition coefficient (Wildman–Crippen LogP) is 3.56. The van der Waals surface area contributed by atoms with Gasteiger partial charge in [-0.25, -0.2) is 0 Å². The predicted molar refractivity (Wildman–Crippen MR) is 81.5 cm³/mol. The number of hydrogen-bond acceptors (Lipinski definition) is 3. The van der Waals surface area contributed by atoms with Crippen molar-refractivity contribution in [3.05, 3.63) is 59.7 Å². The van der Waals surface area contributed by atoms with E-state index in [-0.39, 0.29) is 11.9 Å². The number of amides is 1. The van der Waals surface area contributed by atoms with E-state index in [0.717, 1.165) is 11.3 Å². The van der Waals surface area contributed by atoms with E-state index in [1.54, 1.807) is 31.2 Å². The summed E-state index contributed by atoms with van der Waals surface area (Å²) in [5, 5.41) is 2.85. The highest BCUT2D eigenvalue weighted by Crippen LogP contribution is 2.17. The van der Waals surface area contributed by atoms with E-state index in [9.17, 15) is 9.59 Å². The van der Waals surface area contributed by atoms with E-state index in [0.29, 0.717) is 17.7 Å². The molecule has 4 nitrogen and oxygen atoms in total. The molecule has 0 bridgehead atoms. The molecule has 21 heavy (non-hydrogen) atoms. The van der Waals surface area contributed by atoms with Crippen LogP contribution in [0.5, 0.6) is 5.75 Å². The molecule has 0 radical (unpaired) electrons. The van der Waals surface area contributed by atoms with Gasteiger partial charge in [-0.05, 0) is 42.8 Å². The molecule has 0 unspecified atom stereocenters. The van der Waals surface area contributed by atoms with E-state index in [1.807, 2.05) is 31.2 Å². The average molecular weight is 283 g/mol. The molecule has 108 valence electrons. The Balaban J connectivity index is 2.06. The van der Waals surface area contributed by atoms with Gasteiger partial charge in [-0.2, -0.15) is 0 Å². The number of carbonyl (C=O) groups is 2. The number of hydrogen-bond donors (Lipinski definition) is 1. The first-order chi connectivity index (χ1) is 10.1. The van der Waals surface area contributed by atoms with Gasteiger partial charge < -0.3 is 10.1 Å². The van der Waals surface area contributed by atoms with Crippen LogP contribution in [0.3, 0.4) is 0 Å². The molecule has 0 fully saturated rings. The second kappa shape index (κ2) is 6.70. The van der Waals surface area contributed by atoms with Gasteiger partial charge in [0.15, 0.2) is 0 Å². The molecule has 0 saturated heterocycles. The average Bonchev–Trinajstić information content (AvgIpc) is 2.50. The normalized spacial score (nSPS) is 10.0. The summed E-state index contributed by atoms with van der Waals surface area (Å²) in [5.41, 5.74) is 2.29. The molecule has 0 atom stereocenters. The number of aryl methyl sites for hydroxylation is 1. The van der Waals surface area contributed by atoms with Crippen molar-refractivity contribution in [1.29, 1.82) is 0 Å². The Kier molecular flexibility index (Phi) is 4.72. The number of carbonyl (C=O) groups excluding carboxylic acids is 2. The van der Waals surface area contributed by atoms with Crippen molar-refractivity contribution < 1.29 is 14.3 Å². The van der Waals surface area contributed by atoms with E-state index >= 15 is 0 Å². The van der Waals surface area contributed by atoms with E-state index < -0.39 is 0 Å². The summed E-state index contributed by atoms with van der Waals surface area (Å²) in [5.74, 6) is -0.0564. The Morgan fingerprint density at radius 1 is 1.05 bits per heavy atom. The summed E-state index contributed by atoms with van der Waals surface area (Å²) < 4.78 is 5.07. The van der Waals surface area contributed by atoms with Crippen LogP contribution in [-0.4, -0.2) is 11.9 Å². The summed E-state index contributed by atoms with van der Waals surface area (Å²) in [6.07, 6.45) is 0.315. The maximum absolute atomic E-state index is 12.1. The molecule has 0 aliphatic carbocycles. The van der Waals surface area contributed by atoms with Gasteiger partial charge in [0.1, 0.15) is 5.75 Å². The van der Waals surface area contributed by atoms with Crippen LogP contribution in [0.2, 0.25) is 0 Å². The second-order valence-corrected chi connectivity index (χ2v) is 4.62. The summed E-state index contributed by atoms with van der Waals surface area (Å²) >= 11 is 0. The van der Waals surface area contributed by atoms with Crippen LogP contribution < -0.4 is 10.1 Å². The largest absolute Gasteiger partial charge is 0.427 e. The lowest BCUT2D eigenvalue weighted by Crippen LogP contribution is -2.12. The fraction of sp³-hybridized carbons (Fsp3) is 0.176. The topological polar surface area (TPSA) is 55.4 Å². The SMILES string of the molecule is CCC(=O)Oc1ccc(C(=O)Nc2ccccc2C)cc1. The Morgan fingerprint density at radius 2 is 1.71 bits per heavy atom. The number of rotatable bonds is 4. The smallest absolute Gasteiger partial charge is 0.310 e. The van der Waals surface area contributed by atoms with Gasteiger partial charge >= 0.3 is 5.97 Å². The van der Waals surface area contributed by atoms with Gasteiger partial charge in [-0.3, -0.25) is 9.59 Å². The Labute approximate surface area is 123 Å². The molecule has 2 aromatic rings. The first kappa shape index (κ1) is 14.8. The van der Waals surface area contributed by atoms with Crippen molar-refractivity contribution >= 4 is 17.6 Å². The first-order valence-corrected chi connectivity index (χ1v) is 6.78. The van der Waals surface area contributed by atoms with Crippen molar-refractivity contribution in [1.82, 2.24) is 0 Å². The maximum Gasteiger partial charge on any atom is 0.310 e. The van der Waals surface area contributed by atoms with Crippen molar-refractivity contribution in [3.8, 4) is 5.75 Å². The van der Waals surface area contributed by atoms with Gasteiger partial charge in [-0.15, -0.1) is 0 Å². The molecular weight excluding hydrogens is 266 g/mol. The highest BCUT2D eigenvalue weighted by molar-refractivity contribution is 6.04. The highest BCUT2D eigenvalue weighted by atomic mass is 16.5. The molecule has 0 saturated carbocycles. The molecule has 1 N–H and O–H groups in total. The monoisotopic (exact) mass is 283 g/mol. The third kappa shape index (κ3) is 3.92. The lowest BCUT2D eigenvalue weighted by Gasteiger charge is -2.08. The molecule has 0 heterocycles. The number of nitrogens with one attached hydrogen (secondary N) is 1. The minimum absolute atomic E-state index is 0.197. The molecular formula is C17H17NO3. The minimum atomic E-state index is -0.299. The third-order valence-corrected chi connectivity index (χ3v) is 3.03. The van der Waals surface area contributed by atoms with Crippen molar-refractivity contribution in [2.75, 3.05) is 5.32 Å². The van der Waals surface area contributed by atoms with Gasteiger partial charge in [0.05, 0.1) is 0 Å². The van der Waals surface area contributed by atoms with Crippen LogP contribution in [0, 0.1) is 6.92 Å². The standard InChI is InChI=1S/C17H17NO3/c1-3-16(19)21-14-10-8-13(9-11-14)17(20)18-15-7-5-4-6-12(15)2/h4-11H,3H2,1-2H3,(H,18,20). The molecule has 0 aliphatic rings.